The van der Waals surface area contributed by atoms with Crippen molar-refractivity contribution < 1.29 is 9.90 Å². The van der Waals surface area contributed by atoms with Gasteiger partial charge in [-0.3, -0.25) is 0 Å². The maximum absolute atomic E-state index is 10.9. The molecule has 27 heavy (non-hydrogen) atoms. The molecule has 0 amide bonds. The van der Waals surface area contributed by atoms with Crippen LogP contribution in [0.2, 0.25) is 0 Å². The zero-order chi connectivity index (χ0) is 19.4. The first-order valence-corrected chi connectivity index (χ1v) is 10.5. The number of carbonyl (C=O) groups is 1. The van der Waals surface area contributed by atoms with Gasteiger partial charge in [0.05, 0.1) is 5.97 Å². The van der Waals surface area contributed by atoms with E-state index >= 15 is 0 Å². The quantitative estimate of drug-likeness (QED) is 0.561. The van der Waals surface area contributed by atoms with Crippen molar-refractivity contribution in [2.75, 3.05) is 11.9 Å². The highest BCUT2D eigenvalue weighted by Gasteiger charge is 2.22. The lowest BCUT2D eigenvalue weighted by Crippen LogP contribution is -2.34. The molecule has 3 rings (SSSR count). The minimum absolute atomic E-state index is 0.197. The molecule has 0 aliphatic heterocycles. The summed E-state index contributed by atoms with van der Waals surface area (Å²) in [5.41, 5.74) is 3.39. The number of hydrogen-bond donors (Lipinski definition) is 0. The minimum Gasteiger partial charge on any atom is -0.545 e. The minimum atomic E-state index is -1.15. The average Bonchev–Trinajstić information content (AvgIpc) is 2.69. The summed E-state index contributed by atoms with van der Waals surface area (Å²) in [4.78, 5) is 22.7. The van der Waals surface area contributed by atoms with Crippen LogP contribution in [-0.4, -0.2) is 29.0 Å². The Balaban J connectivity index is 1.73. The standard InChI is InChI=1S/C21H27N3O2S/c1-14-15(2)22-21(23-19(14)24(3)18-7-5-4-6-8-18)27-13-16-9-11-17(12-10-16)20(25)26/h9-12,18H,4-8,13H2,1-3H3,(H,25,26)/p-1. The Labute approximate surface area is 165 Å². The fourth-order valence-electron chi connectivity index (χ4n) is 3.52. The van der Waals surface area contributed by atoms with Gasteiger partial charge in [-0.1, -0.05) is 55.3 Å². The van der Waals surface area contributed by atoms with Crippen LogP contribution in [0.25, 0.3) is 0 Å². The zero-order valence-electron chi connectivity index (χ0n) is 16.2. The van der Waals surface area contributed by atoms with Gasteiger partial charge in [0.1, 0.15) is 5.82 Å². The van der Waals surface area contributed by atoms with Crippen molar-refractivity contribution in [2.45, 2.75) is 62.9 Å². The zero-order valence-corrected chi connectivity index (χ0v) is 17.0. The number of aromatic carboxylic acids is 1. The van der Waals surface area contributed by atoms with E-state index in [9.17, 15) is 9.90 Å². The van der Waals surface area contributed by atoms with Crippen molar-refractivity contribution in [2.24, 2.45) is 0 Å². The highest BCUT2D eigenvalue weighted by molar-refractivity contribution is 7.98. The molecular weight excluding hydrogens is 358 g/mol. The fourth-order valence-corrected chi connectivity index (χ4v) is 4.36. The molecule has 0 spiro atoms. The molecule has 0 bridgehead atoms. The van der Waals surface area contributed by atoms with Gasteiger partial charge in [0, 0.05) is 30.1 Å². The normalized spacial score (nSPS) is 14.9. The van der Waals surface area contributed by atoms with E-state index in [1.165, 1.54) is 32.1 Å². The van der Waals surface area contributed by atoms with Crippen LogP contribution in [0.3, 0.4) is 0 Å². The summed E-state index contributed by atoms with van der Waals surface area (Å²) in [5.74, 6) is 0.578. The van der Waals surface area contributed by atoms with Crippen molar-refractivity contribution in [3.8, 4) is 0 Å². The number of carboxylic acids is 1. The van der Waals surface area contributed by atoms with Crippen molar-refractivity contribution in [3.05, 3.63) is 46.6 Å². The molecule has 1 aliphatic carbocycles. The SMILES string of the molecule is Cc1nc(SCc2ccc(C(=O)[O-])cc2)nc(N(C)C2CCCCC2)c1C. The molecule has 0 unspecified atom stereocenters. The lowest BCUT2D eigenvalue weighted by molar-refractivity contribution is -0.255. The van der Waals surface area contributed by atoms with Crippen molar-refractivity contribution >= 4 is 23.5 Å². The number of hydrogen-bond acceptors (Lipinski definition) is 6. The van der Waals surface area contributed by atoms with Gasteiger partial charge in [0.2, 0.25) is 0 Å². The molecule has 144 valence electrons. The molecule has 0 saturated heterocycles. The predicted molar refractivity (Wildman–Crippen MR) is 107 cm³/mol. The van der Waals surface area contributed by atoms with Crippen LogP contribution in [0, 0.1) is 13.8 Å². The molecule has 2 aromatic rings. The van der Waals surface area contributed by atoms with Gasteiger partial charge in [-0.2, -0.15) is 0 Å². The Morgan fingerprint density at radius 1 is 1.15 bits per heavy atom. The highest BCUT2D eigenvalue weighted by atomic mass is 32.2. The summed E-state index contributed by atoms with van der Waals surface area (Å²) in [5, 5.41) is 11.6. The Kier molecular flexibility index (Phi) is 6.37. The van der Waals surface area contributed by atoms with Gasteiger partial charge in [-0.25, -0.2) is 9.97 Å². The topological polar surface area (TPSA) is 69.1 Å². The van der Waals surface area contributed by atoms with Gasteiger partial charge >= 0.3 is 0 Å². The van der Waals surface area contributed by atoms with Crippen molar-refractivity contribution in [1.82, 2.24) is 9.97 Å². The smallest absolute Gasteiger partial charge is 0.190 e. The number of thioether (sulfide) groups is 1. The Hall–Kier alpha value is -2.08. The average molecular weight is 385 g/mol. The maximum atomic E-state index is 10.9. The molecular formula is C21H26N3O2S-. The first kappa shape index (κ1) is 19.7. The summed E-state index contributed by atoms with van der Waals surface area (Å²) in [6.07, 6.45) is 6.38. The largest absolute Gasteiger partial charge is 0.545 e. The van der Waals surface area contributed by atoms with Crippen LogP contribution in [0.1, 0.15) is 59.3 Å². The molecule has 1 heterocycles. The van der Waals surface area contributed by atoms with E-state index < -0.39 is 5.97 Å². The van der Waals surface area contributed by atoms with Gasteiger partial charge in [0.15, 0.2) is 5.16 Å². The second kappa shape index (κ2) is 8.74. The second-order valence-electron chi connectivity index (χ2n) is 7.22. The fraction of sp³-hybridized carbons (Fsp3) is 0.476. The third kappa shape index (κ3) is 4.80. The number of carboxylic acid groups (broad SMARTS) is 1. The van der Waals surface area contributed by atoms with Crippen LogP contribution < -0.4 is 10.0 Å². The molecule has 1 aromatic heterocycles. The molecule has 5 nitrogen and oxygen atoms in total. The van der Waals surface area contributed by atoms with E-state index in [1.807, 2.05) is 19.1 Å². The van der Waals surface area contributed by atoms with E-state index in [4.69, 9.17) is 4.98 Å². The molecule has 1 aromatic carbocycles. The van der Waals surface area contributed by atoms with Gasteiger partial charge < -0.3 is 14.8 Å². The predicted octanol–water partition coefficient (Wildman–Crippen LogP) is 3.52. The number of carbonyl (C=O) groups excluding carboxylic acids is 1. The van der Waals surface area contributed by atoms with E-state index in [2.05, 4.69) is 23.9 Å². The third-order valence-corrected chi connectivity index (χ3v) is 6.28. The van der Waals surface area contributed by atoms with Crippen LogP contribution in [-0.2, 0) is 5.75 Å². The molecule has 0 radical (unpaired) electrons. The van der Waals surface area contributed by atoms with Crippen molar-refractivity contribution in [1.29, 1.82) is 0 Å². The Morgan fingerprint density at radius 2 is 1.81 bits per heavy atom. The first-order chi connectivity index (χ1) is 13.0. The second-order valence-corrected chi connectivity index (χ2v) is 8.16. The number of anilines is 1. The van der Waals surface area contributed by atoms with Crippen LogP contribution >= 0.6 is 11.8 Å². The monoisotopic (exact) mass is 384 g/mol. The molecule has 0 N–H and O–H groups in total. The van der Waals surface area contributed by atoms with Gasteiger partial charge in [-0.05, 0) is 37.8 Å². The van der Waals surface area contributed by atoms with Gasteiger partial charge in [-0.15, -0.1) is 0 Å². The van der Waals surface area contributed by atoms with Crippen LogP contribution in [0.5, 0.6) is 0 Å². The summed E-state index contributed by atoms with van der Waals surface area (Å²) < 4.78 is 0. The molecule has 6 heteroatoms. The van der Waals surface area contributed by atoms with Crippen LogP contribution in [0.4, 0.5) is 5.82 Å². The van der Waals surface area contributed by atoms with Crippen LogP contribution in [0.15, 0.2) is 29.4 Å². The number of rotatable bonds is 6. The van der Waals surface area contributed by atoms with E-state index in [0.29, 0.717) is 11.8 Å². The van der Waals surface area contributed by atoms with E-state index in [0.717, 1.165) is 27.8 Å². The van der Waals surface area contributed by atoms with E-state index in [1.54, 1.807) is 23.9 Å². The summed E-state index contributed by atoms with van der Waals surface area (Å²) in [6.45, 7) is 4.13. The number of aromatic nitrogens is 2. The number of nitrogens with zero attached hydrogens (tertiary/aromatic N) is 3. The van der Waals surface area contributed by atoms with Crippen molar-refractivity contribution in [3.63, 3.8) is 0 Å². The first-order valence-electron chi connectivity index (χ1n) is 9.47. The Morgan fingerprint density at radius 3 is 2.44 bits per heavy atom. The summed E-state index contributed by atoms with van der Waals surface area (Å²) in [6, 6.07) is 7.34. The molecule has 1 aliphatic rings. The summed E-state index contributed by atoms with van der Waals surface area (Å²) >= 11 is 1.58. The Bertz CT molecular complexity index is 802. The van der Waals surface area contributed by atoms with Gasteiger partial charge in [0.25, 0.3) is 0 Å². The molecule has 1 saturated carbocycles. The lowest BCUT2D eigenvalue weighted by atomic mass is 9.94. The maximum Gasteiger partial charge on any atom is 0.190 e. The highest BCUT2D eigenvalue weighted by Crippen LogP contribution is 2.30. The number of benzene rings is 1. The molecule has 0 atom stereocenters. The third-order valence-electron chi connectivity index (χ3n) is 5.36. The van der Waals surface area contributed by atoms with E-state index in [-0.39, 0.29) is 5.56 Å². The summed E-state index contributed by atoms with van der Waals surface area (Å²) in [7, 11) is 2.15. The molecule has 1 fully saturated rings. The lowest BCUT2D eigenvalue weighted by Gasteiger charge is -2.33. The number of aryl methyl sites for hydroxylation is 1.